The minimum absolute atomic E-state index is 0.0237. The third kappa shape index (κ3) is 1.21. The summed E-state index contributed by atoms with van der Waals surface area (Å²) in [5, 5.41) is 0. The van der Waals surface area contributed by atoms with Crippen LogP contribution in [-0.4, -0.2) is 4.57 Å². The molecule has 76 valence electrons. The van der Waals surface area contributed by atoms with Crippen LogP contribution in [0.3, 0.4) is 0 Å². The number of rotatable bonds is 1. The first-order valence-electron chi connectivity index (χ1n) is 5.17. The summed E-state index contributed by atoms with van der Waals surface area (Å²) in [5.41, 5.74) is 2.33. The van der Waals surface area contributed by atoms with E-state index in [2.05, 4.69) is 11.5 Å². The molecule has 1 aliphatic rings. The monoisotopic (exact) mass is 193 g/mol. The lowest BCUT2D eigenvalue weighted by atomic mass is 9.82. The fraction of sp³-hybridized carbons (Fsp3) is 0.500. The van der Waals surface area contributed by atoms with Crippen LogP contribution in [0.2, 0.25) is 0 Å². The minimum Gasteiger partial charge on any atom is -0.354 e. The van der Waals surface area contributed by atoms with Gasteiger partial charge in [0.2, 0.25) is 0 Å². The maximum Gasteiger partial charge on any atom is 0.104 e. The van der Waals surface area contributed by atoms with Crippen molar-refractivity contribution in [2.45, 2.75) is 26.2 Å². The number of fused-ring (bicyclic) bond motifs is 1. The van der Waals surface area contributed by atoms with E-state index < -0.39 is 0 Å². The Hall–Kier alpha value is -1.05. The Balaban J connectivity index is 2.55. The number of hydrogen-bond donors (Lipinski definition) is 0. The molecule has 0 spiro atoms. The van der Waals surface area contributed by atoms with Crippen LogP contribution in [-0.2, 0) is 7.05 Å². The Bertz CT molecular complexity index is 376. The first kappa shape index (κ1) is 9.50. The molecule has 1 heterocycles. The van der Waals surface area contributed by atoms with Crippen molar-refractivity contribution in [3.63, 3.8) is 0 Å². The molecule has 1 aliphatic carbocycles. The third-order valence-electron chi connectivity index (χ3n) is 3.28. The van der Waals surface area contributed by atoms with Gasteiger partial charge in [-0.25, -0.2) is 4.39 Å². The molecular weight excluding hydrogens is 177 g/mol. The molecule has 0 amide bonds. The van der Waals surface area contributed by atoms with Crippen LogP contribution in [0, 0.1) is 5.92 Å². The molecule has 2 unspecified atom stereocenters. The highest BCUT2D eigenvalue weighted by Crippen LogP contribution is 2.40. The molecule has 0 aliphatic heterocycles. The molecule has 0 fully saturated rings. The summed E-state index contributed by atoms with van der Waals surface area (Å²) in [4.78, 5) is 0. The molecule has 2 heteroatoms. The molecule has 1 aromatic rings. The number of aryl methyl sites for hydroxylation is 1. The van der Waals surface area contributed by atoms with E-state index in [-0.39, 0.29) is 11.7 Å². The Morgan fingerprint density at radius 3 is 2.86 bits per heavy atom. The predicted octanol–water partition coefficient (Wildman–Crippen LogP) is 3.48. The van der Waals surface area contributed by atoms with Gasteiger partial charge in [0.15, 0.2) is 0 Å². The summed E-state index contributed by atoms with van der Waals surface area (Å²) >= 11 is 0. The van der Waals surface area contributed by atoms with Crippen molar-refractivity contribution in [1.82, 2.24) is 4.57 Å². The molecule has 0 radical (unpaired) electrons. The molecule has 2 rings (SSSR count). The van der Waals surface area contributed by atoms with Gasteiger partial charge in [-0.1, -0.05) is 13.8 Å². The van der Waals surface area contributed by atoms with Crippen molar-refractivity contribution in [2.24, 2.45) is 13.0 Å². The van der Waals surface area contributed by atoms with Gasteiger partial charge in [-0.15, -0.1) is 0 Å². The number of nitrogens with zero attached hydrogens (tertiary/aromatic N) is 1. The molecular formula is C12H16FN. The zero-order valence-corrected chi connectivity index (χ0v) is 8.92. The summed E-state index contributed by atoms with van der Waals surface area (Å²) in [6, 6.07) is 1.99. The van der Waals surface area contributed by atoms with Gasteiger partial charge in [0.1, 0.15) is 5.83 Å². The zero-order chi connectivity index (χ0) is 10.3. The van der Waals surface area contributed by atoms with Crippen molar-refractivity contribution < 1.29 is 4.39 Å². The van der Waals surface area contributed by atoms with E-state index in [9.17, 15) is 4.39 Å². The quantitative estimate of drug-likeness (QED) is 0.643. The van der Waals surface area contributed by atoms with Crippen molar-refractivity contribution in [3.05, 3.63) is 29.3 Å². The van der Waals surface area contributed by atoms with Gasteiger partial charge in [0, 0.05) is 30.8 Å². The Morgan fingerprint density at radius 1 is 1.50 bits per heavy atom. The van der Waals surface area contributed by atoms with Crippen LogP contribution in [0.4, 0.5) is 4.39 Å². The number of hydrogen-bond acceptors (Lipinski definition) is 0. The van der Waals surface area contributed by atoms with Gasteiger partial charge >= 0.3 is 0 Å². The Morgan fingerprint density at radius 2 is 2.21 bits per heavy atom. The summed E-state index contributed by atoms with van der Waals surface area (Å²) in [6.07, 6.45) is 4.68. The summed E-state index contributed by atoms with van der Waals surface area (Å²) in [7, 11) is 2.03. The smallest absolute Gasteiger partial charge is 0.104 e. The van der Waals surface area contributed by atoms with Crippen LogP contribution in [0.15, 0.2) is 18.1 Å². The molecule has 1 nitrogen and oxygen atoms in total. The van der Waals surface area contributed by atoms with Gasteiger partial charge in [0.25, 0.3) is 0 Å². The van der Waals surface area contributed by atoms with E-state index in [1.807, 2.05) is 26.2 Å². The highest BCUT2D eigenvalue weighted by Gasteiger charge is 2.29. The van der Waals surface area contributed by atoms with Crippen LogP contribution in [0.1, 0.15) is 37.4 Å². The second-order valence-corrected chi connectivity index (χ2v) is 4.10. The van der Waals surface area contributed by atoms with E-state index in [4.69, 9.17) is 0 Å². The first-order chi connectivity index (χ1) is 6.65. The molecule has 1 aromatic heterocycles. The van der Waals surface area contributed by atoms with E-state index in [0.29, 0.717) is 5.92 Å². The lowest BCUT2D eigenvalue weighted by molar-refractivity contribution is 0.401. The zero-order valence-electron chi connectivity index (χ0n) is 8.92. The highest BCUT2D eigenvalue weighted by molar-refractivity contribution is 5.59. The van der Waals surface area contributed by atoms with Crippen molar-refractivity contribution in [3.8, 4) is 0 Å². The van der Waals surface area contributed by atoms with Gasteiger partial charge in [-0.2, -0.15) is 0 Å². The van der Waals surface area contributed by atoms with E-state index >= 15 is 0 Å². The van der Waals surface area contributed by atoms with E-state index in [1.165, 1.54) is 5.69 Å². The van der Waals surface area contributed by atoms with Crippen molar-refractivity contribution >= 4 is 6.08 Å². The van der Waals surface area contributed by atoms with Crippen LogP contribution in [0.5, 0.6) is 0 Å². The number of halogens is 1. The average Bonchev–Trinajstić information content (AvgIpc) is 2.50. The first-order valence-corrected chi connectivity index (χ1v) is 5.17. The van der Waals surface area contributed by atoms with Gasteiger partial charge < -0.3 is 4.57 Å². The van der Waals surface area contributed by atoms with Crippen LogP contribution < -0.4 is 0 Å². The topological polar surface area (TPSA) is 4.93 Å². The second kappa shape index (κ2) is 3.26. The fourth-order valence-electron chi connectivity index (χ4n) is 2.42. The van der Waals surface area contributed by atoms with Gasteiger partial charge in [0.05, 0.1) is 0 Å². The minimum atomic E-state index is 0.0237. The maximum atomic E-state index is 13.6. The Kier molecular flexibility index (Phi) is 2.22. The number of allylic oxidation sites excluding steroid dienone is 1. The summed E-state index contributed by atoms with van der Waals surface area (Å²) < 4.78 is 15.7. The Labute approximate surface area is 84.2 Å². The fourth-order valence-corrected chi connectivity index (χ4v) is 2.42. The lowest BCUT2D eigenvalue weighted by Gasteiger charge is -2.27. The van der Waals surface area contributed by atoms with Crippen molar-refractivity contribution in [2.75, 3.05) is 0 Å². The van der Waals surface area contributed by atoms with Gasteiger partial charge in [-0.05, 0) is 24.1 Å². The molecule has 14 heavy (non-hydrogen) atoms. The molecule has 0 saturated carbocycles. The molecule has 0 bridgehead atoms. The SMILES string of the molecule is CCC1c2c(ccn2C)C=C(F)C1C. The van der Waals surface area contributed by atoms with Crippen LogP contribution >= 0.6 is 0 Å². The third-order valence-corrected chi connectivity index (χ3v) is 3.28. The van der Waals surface area contributed by atoms with Crippen molar-refractivity contribution in [1.29, 1.82) is 0 Å². The largest absolute Gasteiger partial charge is 0.354 e. The molecule has 0 aromatic carbocycles. The molecule has 0 N–H and O–H groups in total. The predicted molar refractivity (Wildman–Crippen MR) is 56.7 cm³/mol. The summed E-state index contributed by atoms with van der Waals surface area (Å²) in [5.74, 6) is 0.381. The summed E-state index contributed by atoms with van der Waals surface area (Å²) in [6.45, 7) is 4.09. The van der Waals surface area contributed by atoms with E-state index in [0.717, 1.165) is 12.0 Å². The second-order valence-electron chi connectivity index (χ2n) is 4.10. The van der Waals surface area contributed by atoms with Crippen LogP contribution in [0.25, 0.3) is 6.08 Å². The van der Waals surface area contributed by atoms with E-state index in [1.54, 1.807) is 6.08 Å². The normalized spacial score (nSPS) is 25.9. The highest BCUT2D eigenvalue weighted by atomic mass is 19.1. The van der Waals surface area contributed by atoms with Gasteiger partial charge in [-0.3, -0.25) is 0 Å². The standard InChI is InChI=1S/C12H16FN/c1-4-10-8(2)11(13)7-9-5-6-14(3)12(9)10/h5-8,10H,4H2,1-3H3. The maximum absolute atomic E-state index is 13.6. The molecule has 0 saturated heterocycles. The average molecular weight is 193 g/mol. The molecule has 2 atom stereocenters. The number of aromatic nitrogens is 1. The lowest BCUT2D eigenvalue weighted by Crippen LogP contribution is -2.17.